The van der Waals surface area contributed by atoms with Gasteiger partial charge in [-0.05, 0) is 0 Å². The Hall–Kier alpha value is -0.0888. The van der Waals surface area contributed by atoms with Crippen molar-refractivity contribution in [1.82, 2.24) is 3.80 Å². The summed E-state index contributed by atoms with van der Waals surface area (Å²) in [5.74, 6) is 0. The summed E-state index contributed by atoms with van der Waals surface area (Å²) in [6.45, 7) is 9.05. The minimum atomic E-state index is -1.35. The molecule has 0 aromatic heterocycles. The summed E-state index contributed by atoms with van der Waals surface area (Å²) in [6.07, 6.45) is 2.37. The van der Waals surface area contributed by atoms with Crippen LogP contribution in [0.3, 0.4) is 0 Å². The largest absolute Gasteiger partial charge is 1.00 e. The van der Waals surface area contributed by atoms with Gasteiger partial charge >= 0.3 is 142 Å². The van der Waals surface area contributed by atoms with E-state index in [1.165, 1.54) is 23.1 Å². The molecule has 0 fully saturated rings. The van der Waals surface area contributed by atoms with Crippen LogP contribution in [-0.2, 0) is 23.8 Å². The van der Waals surface area contributed by atoms with E-state index in [-0.39, 0.29) is 24.8 Å². The van der Waals surface area contributed by atoms with Crippen LogP contribution in [0.1, 0.15) is 31.4 Å². The molecule has 1 aliphatic carbocycles. The summed E-state index contributed by atoms with van der Waals surface area (Å²) >= 11 is -1.35. The number of hydrogen-bond donors (Lipinski definition) is 1. The van der Waals surface area contributed by atoms with Crippen LogP contribution in [0.5, 0.6) is 0 Å². The Morgan fingerprint density at radius 1 is 1.04 bits per heavy atom. The summed E-state index contributed by atoms with van der Waals surface area (Å²) in [5.41, 5.74) is 6.11. The third-order valence-corrected chi connectivity index (χ3v) is 16.2. The predicted octanol–water partition coefficient (Wildman–Crippen LogP) is -2.20. The molecule has 0 radical (unpaired) electrons. The molecular formula is C19H26Cl2NSiTi. The molecule has 1 aliphatic rings. The van der Waals surface area contributed by atoms with Gasteiger partial charge < -0.3 is 24.8 Å². The fraction of sp³-hybridized carbons (Fsp3) is 0.368. The van der Waals surface area contributed by atoms with Crippen molar-refractivity contribution in [3.63, 3.8) is 0 Å². The van der Waals surface area contributed by atoms with Crippen LogP contribution < -0.4 is 32.5 Å². The maximum absolute atomic E-state index is 4.07. The third kappa shape index (κ3) is 4.35. The Balaban J connectivity index is 0.00000144. The van der Waals surface area contributed by atoms with Gasteiger partial charge in [-0.15, -0.1) is 0 Å². The maximum Gasteiger partial charge on any atom is -1.00 e. The number of hydrogen-bond acceptors (Lipinski definition) is 1. The number of halogens is 2. The first kappa shape index (κ1) is 22.0. The molecule has 1 N–H and O–H groups in total. The molecule has 2 aromatic carbocycles. The molecule has 0 heterocycles. The number of nitrogens with one attached hydrogen (secondary N) is 1. The van der Waals surface area contributed by atoms with Crippen LogP contribution in [0.15, 0.2) is 42.5 Å². The van der Waals surface area contributed by atoms with Gasteiger partial charge in [-0.3, -0.25) is 0 Å². The number of rotatable bonds is 5. The van der Waals surface area contributed by atoms with Gasteiger partial charge in [-0.2, -0.15) is 0 Å². The van der Waals surface area contributed by atoms with Crippen molar-refractivity contribution in [3.05, 3.63) is 53.6 Å². The minimum Gasteiger partial charge on any atom is -1.00 e. The van der Waals surface area contributed by atoms with E-state index >= 15 is 0 Å². The van der Waals surface area contributed by atoms with Crippen LogP contribution >= 0.6 is 0 Å². The van der Waals surface area contributed by atoms with E-state index < -0.39 is 24.0 Å². The first-order chi connectivity index (χ1) is 10.6. The van der Waals surface area contributed by atoms with E-state index in [2.05, 4.69) is 73.2 Å². The average molecular weight is 415 g/mol. The molecule has 0 bridgehead atoms. The Labute approximate surface area is 166 Å². The van der Waals surface area contributed by atoms with Crippen molar-refractivity contribution in [2.24, 2.45) is 0 Å². The summed E-state index contributed by atoms with van der Waals surface area (Å²) < 4.78 is 5.79. The normalized spacial score (nSPS) is 12.7. The molecule has 1 atom stereocenters. The zero-order valence-corrected chi connectivity index (χ0v) is 19.1. The molecule has 0 amide bonds. The monoisotopic (exact) mass is 414 g/mol. The summed E-state index contributed by atoms with van der Waals surface area (Å²) in [7, 11) is 0. The fourth-order valence-corrected chi connectivity index (χ4v) is 13.7. The second-order valence-corrected chi connectivity index (χ2v) is 19.4. The third-order valence-electron chi connectivity index (χ3n) is 4.73. The zero-order valence-electron chi connectivity index (χ0n) is 14.9. The zero-order chi connectivity index (χ0) is 15.7. The van der Waals surface area contributed by atoms with E-state index in [1.807, 2.05) is 0 Å². The molecule has 129 valence electrons. The van der Waals surface area contributed by atoms with E-state index in [0.717, 1.165) is 6.42 Å². The molecule has 0 aliphatic heterocycles. The molecule has 5 heteroatoms. The predicted molar refractivity (Wildman–Crippen MR) is 96.1 cm³/mol. The standard InChI is InChI=1S/C13H9.C4H10N.C2H7Si.2ClH.Ti/c1-3-7-12-10(5-1)9-11-6-2-4-8-13(11)12;1-3-4(2)5;1-3-2;;;/h1-5,7-8H,9H2;4-5H,3H2,1-2H3;3H,1-2H3;2*1H;/q;-1;;;;+3/p-2. The molecule has 1 unspecified atom stereocenters. The SMILES string of the molecule is CCC(C)[NH][Ti+2]([c]1cccc2c1Cc1ccccc1-2)[SiH](C)C.[Cl-].[Cl-]. The molecule has 0 saturated heterocycles. The Kier molecular flexibility index (Phi) is 8.75. The van der Waals surface area contributed by atoms with E-state index in [1.54, 1.807) is 9.43 Å². The van der Waals surface area contributed by atoms with Gasteiger partial charge in [0.2, 0.25) is 0 Å². The first-order valence-electron chi connectivity index (χ1n) is 8.45. The molecule has 24 heavy (non-hydrogen) atoms. The first-order valence-corrected chi connectivity index (χ1v) is 15.6. The van der Waals surface area contributed by atoms with Gasteiger partial charge in [0.05, 0.1) is 0 Å². The Morgan fingerprint density at radius 2 is 1.71 bits per heavy atom. The summed E-state index contributed by atoms with van der Waals surface area (Å²) in [4.78, 5) is 0. The van der Waals surface area contributed by atoms with Crippen LogP contribution in [-0.4, -0.2) is 12.7 Å². The van der Waals surface area contributed by atoms with Crippen molar-refractivity contribution in [2.45, 2.75) is 45.8 Å². The quantitative estimate of drug-likeness (QED) is 0.467. The van der Waals surface area contributed by atoms with Crippen molar-refractivity contribution < 1.29 is 42.2 Å². The van der Waals surface area contributed by atoms with Crippen LogP contribution in [0.2, 0.25) is 13.1 Å². The number of fused-ring (bicyclic) bond motifs is 3. The summed E-state index contributed by atoms with van der Waals surface area (Å²) in [6, 6.07) is 16.6. The molecule has 2 aromatic rings. The number of benzene rings is 2. The maximum atomic E-state index is 4.07. The fourth-order valence-electron chi connectivity index (χ4n) is 3.33. The van der Waals surface area contributed by atoms with Crippen LogP contribution in [0.4, 0.5) is 0 Å². The molecule has 3 rings (SSSR count). The minimum absolute atomic E-state index is 0. The molecule has 0 spiro atoms. The second-order valence-electron chi connectivity index (χ2n) is 6.69. The van der Waals surface area contributed by atoms with Crippen LogP contribution in [0, 0.1) is 0 Å². The smallest absolute Gasteiger partial charge is 1.00 e. The van der Waals surface area contributed by atoms with Crippen molar-refractivity contribution in [2.75, 3.05) is 0 Å². The molecule has 1 nitrogen and oxygen atoms in total. The molecular weight excluding hydrogens is 389 g/mol. The van der Waals surface area contributed by atoms with Crippen molar-refractivity contribution in [3.8, 4) is 11.1 Å². The van der Waals surface area contributed by atoms with E-state index in [4.69, 9.17) is 0 Å². The van der Waals surface area contributed by atoms with Crippen LogP contribution in [0.25, 0.3) is 11.1 Å². The van der Waals surface area contributed by atoms with Gasteiger partial charge in [0.15, 0.2) is 0 Å². The topological polar surface area (TPSA) is 12.0 Å². The second kappa shape index (κ2) is 9.57. The van der Waals surface area contributed by atoms with Gasteiger partial charge in [-0.1, -0.05) is 0 Å². The summed E-state index contributed by atoms with van der Waals surface area (Å²) in [5, 5.41) is 0. The van der Waals surface area contributed by atoms with Gasteiger partial charge in [0, 0.05) is 0 Å². The Bertz CT molecular complexity index is 678. The van der Waals surface area contributed by atoms with Crippen molar-refractivity contribution >= 4 is 10.5 Å². The van der Waals surface area contributed by atoms with Crippen molar-refractivity contribution in [1.29, 1.82) is 0 Å². The van der Waals surface area contributed by atoms with E-state index in [0.29, 0.717) is 6.04 Å². The average Bonchev–Trinajstić information content (AvgIpc) is 2.91. The molecule has 0 saturated carbocycles. The Morgan fingerprint density at radius 3 is 2.38 bits per heavy atom. The van der Waals surface area contributed by atoms with Gasteiger partial charge in [0.25, 0.3) is 0 Å². The van der Waals surface area contributed by atoms with Gasteiger partial charge in [0.1, 0.15) is 0 Å². The van der Waals surface area contributed by atoms with E-state index in [9.17, 15) is 0 Å². The van der Waals surface area contributed by atoms with Gasteiger partial charge in [-0.25, -0.2) is 0 Å².